The van der Waals surface area contributed by atoms with Gasteiger partial charge in [0.15, 0.2) is 5.82 Å². The Labute approximate surface area is 124 Å². The number of aromatic nitrogens is 5. The first-order valence-electron chi connectivity index (χ1n) is 6.48. The summed E-state index contributed by atoms with van der Waals surface area (Å²) in [5.41, 5.74) is 0.509. The molecule has 0 aromatic carbocycles. The second kappa shape index (κ2) is 5.60. The van der Waals surface area contributed by atoms with Gasteiger partial charge < -0.3 is 5.32 Å². The van der Waals surface area contributed by atoms with Gasteiger partial charge >= 0.3 is 5.69 Å². The van der Waals surface area contributed by atoms with Crippen LogP contribution in [0.15, 0.2) is 47.7 Å². The van der Waals surface area contributed by atoms with E-state index in [9.17, 15) is 9.59 Å². The Bertz CT molecular complexity index is 868. The average Bonchev–Trinajstić information content (AvgIpc) is 2.90. The van der Waals surface area contributed by atoms with Crippen molar-refractivity contribution in [3.63, 3.8) is 0 Å². The smallest absolute Gasteiger partial charge is 0.308 e. The first kappa shape index (κ1) is 13.7. The van der Waals surface area contributed by atoms with E-state index >= 15 is 0 Å². The number of aromatic amines is 1. The lowest BCUT2D eigenvalue weighted by Crippen LogP contribution is -2.18. The van der Waals surface area contributed by atoms with Gasteiger partial charge in [-0.1, -0.05) is 6.07 Å². The van der Waals surface area contributed by atoms with Crippen molar-refractivity contribution in [2.45, 2.75) is 6.92 Å². The monoisotopic (exact) mass is 296 g/mol. The van der Waals surface area contributed by atoms with Gasteiger partial charge in [-0.25, -0.2) is 19.4 Å². The Morgan fingerprint density at radius 2 is 2.09 bits per heavy atom. The molecule has 0 aliphatic rings. The van der Waals surface area contributed by atoms with E-state index in [4.69, 9.17) is 0 Å². The highest BCUT2D eigenvalue weighted by molar-refractivity contribution is 6.04. The summed E-state index contributed by atoms with van der Waals surface area (Å²) in [5.74, 6) is 0.521. The molecule has 0 atom stereocenters. The van der Waals surface area contributed by atoms with E-state index in [1.165, 1.54) is 18.5 Å². The standard InChI is InChI=1S/C14H12N6O2/c1-9-10(8-17-20(9)12-4-2-3-6-15-12)13(21)18-11-5-7-16-14(22)19-11/h2-8H,1H3,(H2,16,18,19,21,22). The zero-order chi connectivity index (χ0) is 15.5. The van der Waals surface area contributed by atoms with E-state index in [0.717, 1.165) is 0 Å². The molecule has 1 amide bonds. The van der Waals surface area contributed by atoms with Crippen molar-refractivity contribution in [3.8, 4) is 5.82 Å². The third-order valence-electron chi connectivity index (χ3n) is 3.04. The van der Waals surface area contributed by atoms with Crippen LogP contribution in [0, 0.1) is 6.92 Å². The minimum Gasteiger partial charge on any atom is -0.308 e. The van der Waals surface area contributed by atoms with Gasteiger partial charge in [0, 0.05) is 12.4 Å². The fourth-order valence-corrected chi connectivity index (χ4v) is 1.97. The van der Waals surface area contributed by atoms with Crippen molar-refractivity contribution in [3.05, 3.63) is 64.6 Å². The van der Waals surface area contributed by atoms with E-state index in [-0.39, 0.29) is 11.7 Å². The van der Waals surface area contributed by atoms with Crippen molar-refractivity contribution >= 4 is 11.7 Å². The lowest BCUT2D eigenvalue weighted by molar-refractivity contribution is 0.102. The number of carbonyl (C=O) groups is 1. The van der Waals surface area contributed by atoms with Gasteiger partial charge in [0.05, 0.1) is 17.5 Å². The molecule has 0 fully saturated rings. The number of nitrogens with zero attached hydrogens (tertiary/aromatic N) is 4. The lowest BCUT2D eigenvalue weighted by atomic mass is 10.2. The van der Waals surface area contributed by atoms with Crippen LogP contribution in [0.25, 0.3) is 5.82 Å². The molecule has 110 valence electrons. The SMILES string of the molecule is Cc1c(C(=O)Nc2ccnc(=O)[nH]2)cnn1-c1ccccn1. The summed E-state index contributed by atoms with van der Waals surface area (Å²) in [5, 5.41) is 6.77. The molecular formula is C14H12N6O2. The van der Waals surface area contributed by atoms with E-state index in [2.05, 4.69) is 25.4 Å². The van der Waals surface area contributed by atoms with Crippen LogP contribution in [0.4, 0.5) is 5.82 Å². The molecule has 3 aromatic heterocycles. The number of amides is 1. The molecule has 8 heteroatoms. The molecule has 0 saturated heterocycles. The van der Waals surface area contributed by atoms with Crippen LogP contribution in [0.1, 0.15) is 16.1 Å². The highest BCUT2D eigenvalue weighted by Crippen LogP contribution is 2.13. The number of hydrogen-bond donors (Lipinski definition) is 2. The molecule has 3 heterocycles. The number of hydrogen-bond acceptors (Lipinski definition) is 5. The van der Waals surface area contributed by atoms with Crippen molar-refractivity contribution < 1.29 is 4.79 Å². The van der Waals surface area contributed by atoms with Gasteiger partial charge in [0.1, 0.15) is 5.82 Å². The molecule has 8 nitrogen and oxygen atoms in total. The molecule has 3 aromatic rings. The number of H-pyrrole nitrogens is 1. The van der Waals surface area contributed by atoms with E-state index < -0.39 is 5.69 Å². The van der Waals surface area contributed by atoms with Crippen LogP contribution >= 0.6 is 0 Å². The summed E-state index contributed by atoms with van der Waals surface area (Å²) < 4.78 is 1.57. The average molecular weight is 296 g/mol. The third-order valence-corrected chi connectivity index (χ3v) is 3.04. The van der Waals surface area contributed by atoms with Gasteiger partial charge in [-0.05, 0) is 25.1 Å². The van der Waals surface area contributed by atoms with Gasteiger partial charge in [-0.2, -0.15) is 5.10 Å². The van der Waals surface area contributed by atoms with Crippen LogP contribution in [0.2, 0.25) is 0 Å². The number of pyridine rings is 1. The fraction of sp³-hybridized carbons (Fsp3) is 0.0714. The molecule has 0 bridgehead atoms. The first-order chi connectivity index (χ1) is 10.6. The first-order valence-corrected chi connectivity index (χ1v) is 6.48. The predicted molar refractivity (Wildman–Crippen MR) is 78.9 cm³/mol. The summed E-state index contributed by atoms with van der Waals surface area (Å²) in [6, 6.07) is 6.93. The molecule has 0 radical (unpaired) electrons. The van der Waals surface area contributed by atoms with Gasteiger partial charge in [-0.15, -0.1) is 0 Å². The second-order valence-corrected chi connectivity index (χ2v) is 4.49. The van der Waals surface area contributed by atoms with Crippen LogP contribution in [0.3, 0.4) is 0 Å². The quantitative estimate of drug-likeness (QED) is 0.747. The molecule has 3 rings (SSSR count). The predicted octanol–water partition coefficient (Wildman–Crippen LogP) is 0.911. The van der Waals surface area contributed by atoms with Crippen molar-refractivity contribution in [1.29, 1.82) is 0 Å². The Morgan fingerprint density at radius 3 is 2.82 bits per heavy atom. The molecule has 0 spiro atoms. The zero-order valence-corrected chi connectivity index (χ0v) is 11.6. The number of carbonyl (C=O) groups excluding carboxylic acids is 1. The normalized spacial score (nSPS) is 10.4. The molecule has 0 unspecified atom stereocenters. The summed E-state index contributed by atoms with van der Waals surface area (Å²) in [6.45, 7) is 1.77. The van der Waals surface area contributed by atoms with Crippen LogP contribution in [-0.2, 0) is 0 Å². The third kappa shape index (κ3) is 2.62. The number of anilines is 1. The topological polar surface area (TPSA) is 106 Å². The van der Waals surface area contributed by atoms with Gasteiger partial charge in [0.25, 0.3) is 5.91 Å². The van der Waals surface area contributed by atoms with Crippen LogP contribution < -0.4 is 11.0 Å². The second-order valence-electron chi connectivity index (χ2n) is 4.49. The number of rotatable bonds is 3. The number of nitrogens with one attached hydrogen (secondary N) is 2. The van der Waals surface area contributed by atoms with E-state index in [1.807, 2.05) is 6.07 Å². The van der Waals surface area contributed by atoms with E-state index in [0.29, 0.717) is 17.1 Å². The molecule has 0 aliphatic heterocycles. The largest absolute Gasteiger partial charge is 0.346 e. The molecule has 22 heavy (non-hydrogen) atoms. The highest BCUT2D eigenvalue weighted by Gasteiger charge is 2.16. The Kier molecular flexibility index (Phi) is 3.48. The molecule has 0 saturated carbocycles. The maximum Gasteiger partial charge on any atom is 0.346 e. The van der Waals surface area contributed by atoms with Crippen molar-refractivity contribution in [1.82, 2.24) is 24.7 Å². The van der Waals surface area contributed by atoms with Gasteiger partial charge in [-0.3, -0.25) is 9.78 Å². The summed E-state index contributed by atoms with van der Waals surface area (Å²) in [4.78, 5) is 33.5. The molecular weight excluding hydrogens is 284 g/mol. The van der Waals surface area contributed by atoms with Gasteiger partial charge in [0.2, 0.25) is 0 Å². The maximum atomic E-state index is 12.3. The molecule has 0 aliphatic carbocycles. The Morgan fingerprint density at radius 1 is 1.23 bits per heavy atom. The van der Waals surface area contributed by atoms with Crippen LogP contribution in [0.5, 0.6) is 0 Å². The van der Waals surface area contributed by atoms with Crippen molar-refractivity contribution in [2.24, 2.45) is 0 Å². The Hall–Kier alpha value is -3.29. The maximum absolute atomic E-state index is 12.3. The Balaban J connectivity index is 1.88. The minimum absolute atomic E-state index is 0.273. The van der Waals surface area contributed by atoms with E-state index in [1.54, 1.807) is 29.9 Å². The molecule has 2 N–H and O–H groups in total. The zero-order valence-electron chi connectivity index (χ0n) is 11.6. The minimum atomic E-state index is -0.529. The summed E-state index contributed by atoms with van der Waals surface area (Å²) >= 11 is 0. The summed E-state index contributed by atoms with van der Waals surface area (Å²) in [7, 11) is 0. The van der Waals surface area contributed by atoms with Crippen LogP contribution in [-0.4, -0.2) is 30.6 Å². The lowest BCUT2D eigenvalue weighted by Gasteiger charge is -2.05. The summed E-state index contributed by atoms with van der Waals surface area (Å²) in [6.07, 6.45) is 4.43. The van der Waals surface area contributed by atoms with Crippen molar-refractivity contribution in [2.75, 3.05) is 5.32 Å². The fourth-order valence-electron chi connectivity index (χ4n) is 1.97. The highest BCUT2D eigenvalue weighted by atomic mass is 16.2.